The average Bonchev–Trinajstić information content (AvgIpc) is 2.78. The highest BCUT2D eigenvalue weighted by Gasteiger charge is 2.22. The summed E-state index contributed by atoms with van der Waals surface area (Å²) >= 11 is 1.73. The fourth-order valence-electron chi connectivity index (χ4n) is 1.94. The second-order valence-electron chi connectivity index (χ2n) is 5.32. The Kier molecular flexibility index (Phi) is 5.82. The number of amides is 1. The summed E-state index contributed by atoms with van der Waals surface area (Å²) in [5.74, 6) is 0.498. The minimum atomic E-state index is -0.374. The molecule has 18 heavy (non-hydrogen) atoms. The van der Waals surface area contributed by atoms with Crippen LogP contribution in [0.2, 0.25) is 0 Å². The molecule has 0 radical (unpaired) electrons. The summed E-state index contributed by atoms with van der Waals surface area (Å²) in [6, 6.07) is 3.96. The quantitative estimate of drug-likeness (QED) is 0.861. The SMILES string of the molecule is CC(C)CC(N)C(=O)N(C)C(C)Cc1cccs1. The second kappa shape index (κ2) is 6.90. The third-order valence-electron chi connectivity index (χ3n) is 3.13. The predicted molar refractivity (Wildman–Crippen MR) is 77.7 cm³/mol. The van der Waals surface area contributed by atoms with Gasteiger partial charge in [-0.1, -0.05) is 19.9 Å². The van der Waals surface area contributed by atoms with Crippen LogP contribution in [0, 0.1) is 5.92 Å². The third-order valence-corrected chi connectivity index (χ3v) is 4.03. The molecule has 0 spiro atoms. The molecule has 0 bridgehead atoms. The van der Waals surface area contributed by atoms with E-state index in [2.05, 4.69) is 32.2 Å². The summed E-state index contributed by atoms with van der Waals surface area (Å²) in [5, 5.41) is 2.06. The molecule has 4 heteroatoms. The van der Waals surface area contributed by atoms with E-state index in [1.54, 1.807) is 16.2 Å². The van der Waals surface area contributed by atoms with Crippen LogP contribution in [0.5, 0.6) is 0 Å². The normalized spacial score (nSPS) is 14.6. The molecule has 0 saturated carbocycles. The van der Waals surface area contributed by atoms with Crippen molar-refractivity contribution >= 4 is 17.2 Å². The number of carbonyl (C=O) groups excluding carboxylic acids is 1. The van der Waals surface area contributed by atoms with E-state index >= 15 is 0 Å². The molecule has 0 aliphatic rings. The summed E-state index contributed by atoms with van der Waals surface area (Å²) in [5.41, 5.74) is 5.94. The Morgan fingerprint density at radius 3 is 2.61 bits per heavy atom. The van der Waals surface area contributed by atoms with E-state index in [1.807, 2.05) is 13.1 Å². The molecule has 102 valence electrons. The van der Waals surface area contributed by atoms with Crippen LogP contribution < -0.4 is 5.73 Å². The van der Waals surface area contributed by atoms with Crippen molar-refractivity contribution in [2.45, 2.75) is 45.7 Å². The third kappa shape index (κ3) is 4.42. The maximum atomic E-state index is 12.2. The molecule has 1 heterocycles. The molecule has 2 N–H and O–H groups in total. The standard InChI is InChI=1S/C14H24N2OS/c1-10(2)8-13(15)14(17)16(4)11(3)9-12-6-5-7-18-12/h5-7,10-11,13H,8-9,15H2,1-4H3. The monoisotopic (exact) mass is 268 g/mol. The van der Waals surface area contributed by atoms with Crippen molar-refractivity contribution in [2.24, 2.45) is 11.7 Å². The lowest BCUT2D eigenvalue weighted by Crippen LogP contribution is -2.46. The number of hydrogen-bond acceptors (Lipinski definition) is 3. The molecule has 0 saturated heterocycles. The second-order valence-corrected chi connectivity index (χ2v) is 6.35. The highest BCUT2D eigenvalue weighted by Crippen LogP contribution is 2.14. The van der Waals surface area contributed by atoms with Crippen LogP contribution in [0.1, 0.15) is 32.1 Å². The van der Waals surface area contributed by atoms with Crippen molar-refractivity contribution in [3.8, 4) is 0 Å². The van der Waals surface area contributed by atoms with E-state index < -0.39 is 0 Å². The van der Waals surface area contributed by atoms with E-state index in [1.165, 1.54) is 4.88 Å². The van der Waals surface area contributed by atoms with Gasteiger partial charge in [-0.2, -0.15) is 0 Å². The van der Waals surface area contributed by atoms with Gasteiger partial charge in [-0.15, -0.1) is 11.3 Å². The summed E-state index contributed by atoms with van der Waals surface area (Å²) in [7, 11) is 1.85. The van der Waals surface area contributed by atoms with E-state index in [4.69, 9.17) is 5.73 Å². The number of nitrogens with zero attached hydrogens (tertiary/aromatic N) is 1. The van der Waals surface area contributed by atoms with Crippen molar-refractivity contribution in [2.75, 3.05) is 7.05 Å². The van der Waals surface area contributed by atoms with Gasteiger partial charge < -0.3 is 10.6 Å². The van der Waals surface area contributed by atoms with Crippen LogP contribution in [0.4, 0.5) is 0 Å². The van der Waals surface area contributed by atoms with E-state index in [0.29, 0.717) is 5.92 Å². The number of rotatable bonds is 6. The van der Waals surface area contributed by atoms with Crippen LogP contribution in [-0.2, 0) is 11.2 Å². The average molecular weight is 268 g/mol. The fourth-order valence-corrected chi connectivity index (χ4v) is 2.77. The van der Waals surface area contributed by atoms with Crippen molar-refractivity contribution in [1.82, 2.24) is 4.90 Å². The molecular formula is C14H24N2OS. The van der Waals surface area contributed by atoms with Crippen LogP contribution in [0.15, 0.2) is 17.5 Å². The molecule has 0 aromatic carbocycles. The van der Waals surface area contributed by atoms with Gasteiger partial charge in [0, 0.05) is 24.4 Å². The minimum Gasteiger partial charge on any atom is -0.341 e. The Morgan fingerprint density at radius 1 is 1.44 bits per heavy atom. The summed E-state index contributed by atoms with van der Waals surface area (Å²) < 4.78 is 0. The van der Waals surface area contributed by atoms with Gasteiger partial charge in [-0.05, 0) is 30.7 Å². The first-order chi connectivity index (χ1) is 8.41. The lowest BCUT2D eigenvalue weighted by Gasteiger charge is -2.28. The van der Waals surface area contributed by atoms with Gasteiger partial charge in [0.2, 0.25) is 5.91 Å². The van der Waals surface area contributed by atoms with Gasteiger partial charge in [0.1, 0.15) is 0 Å². The molecule has 0 aliphatic carbocycles. The van der Waals surface area contributed by atoms with Crippen LogP contribution >= 0.6 is 11.3 Å². The number of carbonyl (C=O) groups is 1. The number of likely N-dealkylation sites (N-methyl/N-ethyl adjacent to an activating group) is 1. The minimum absolute atomic E-state index is 0.0488. The molecule has 0 aliphatic heterocycles. The highest BCUT2D eigenvalue weighted by atomic mass is 32.1. The van der Waals surface area contributed by atoms with Gasteiger partial charge in [0.15, 0.2) is 0 Å². The zero-order chi connectivity index (χ0) is 13.7. The van der Waals surface area contributed by atoms with E-state index in [-0.39, 0.29) is 18.0 Å². The molecule has 2 atom stereocenters. The van der Waals surface area contributed by atoms with Gasteiger partial charge in [-0.3, -0.25) is 4.79 Å². The summed E-state index contributed by atoms with van der Waals surface area (Å²) in [6.45, 7) is 6.24. The van der Waals surface area contributed by atoms with Gasteiger partial charge in [0.25, 0.3) is 0 Å². The maximum Gasteiger partial charge on any atom is 0.239 e. The van der Waals surface area contributed by atoms with Crippen LogP contribution in [0.3, 0.4) is 0 Å². The first kappa shape index (κ1) is 15.2. The largest absolute Gasteiger partial charge is 0.341 e. The van der Waals surface area contributed by atoms with Gasteiger partial charge in [-0.25, -0.2) is 0 Å². The molecular weight excluding hydrogens is 244 g/mol. The zero-order valence-corrected chi connectivity index (χ0v) is 12.5. The Bertz CT molecular complexity index is 362. The molecule has 1 aromatic rings. The van der Waals surface area contributed by atoms with Crippen molar-refractivity contribution in [1.29, 1.82) is 0 Å². The molecule has 2 unspecified atom stereocenters. The lowest BCUT2D eigenvalue weighted by atomic mass is 10.0. The van der Waals surface area contributed by atoms with Crippen LogP contribution in [0.25, 0.3) is 0 Å². The molecule has 0 fully saturated rings. The van der Waals surface area contributed by atoms with Gasteiger partial charge in [0.05, 0.1) is 6.04 Å². The summed E-state index contributed by atoms with van der Waals surface area (Å²) in [6.07, 6.45) is 1.64. The summed E-state index contributed by atoms with van der Waals surface area (Å²) in [4.78, 5) is 15.2. The molecule has 1 amide bonds. The Balaban J connectivity index is 2.52. The predicted octanol–water partition coefficient (Wildman–Crippen LogP) is 2.51. The zero-order valence-electron chi connectivity index (χ0n) is 11.7. The first-order valence-corrected chi connectivity index (χ1v) is 7.34. The first-order valence-electron chi connectivity index (χ1n) is 6.46. The highest BCUT2D eigenvalue weighted by molar-refractivity contribution is 7.09. The molecule has 3 nitrogen and oxygen atoms in total. The Labute approximate surface area is 114 Å². The van der Waals surface area contributed by atoms with Crippen molar-refractivity contribution in [3.63, 3.8) is 0 Å². The van der Waals surface area contributed by atoms with Crippen LogP contribution in [-0.4, -0.2) is 29.9 Å². The molecule has 1 aromatic heterocycles. The van der Waals surface area contributed by atoms with Crippen molar-refractivity contribution in [3.05, 3.63) is 22.4 Å². The van der Waals surface area contributed by atoms with Gasteiger partial charge >= 0.3 is 0 Å². The fraction of sp³-hybridized carbons (Fsp3) is 0.643. The van der Waals surface area contributed by atoms with E-state index in [0.717, 1.165) is 12.8 Å². The lowest BCUT2D eigenvalue weighted by molar-refractivity contribution is -0.133. The number of hydrogen-bond donors (Lipinski definition) is 1. The Hall–Kier alpha value is -0.870. The van der Waals surface area contributed by atoms with E-state index in [9.17, 15) is 4.79 Å². The topological polar surface area (TPSA) is 46.3 Å². The Morgan fingerprint density at radius 2 is 2.11 bits per heavy atom. The smallest absolute Gasteiger partial charge is 0.239 e. The number of nitrogens with two attached hydrogens (primary N) is 1. The molecule has 1 rings (SSSR count). The maximum absolute atomic E-state index is 12.2. The number of thiophene rings is 1. The van der Waals surface area contributed by atoms with Crippen molar-refractivity contribution < 1.29 is 4.79 Å².